The Hall–Kier alpha value is -3.10. The molecule has 0 bridgehead atoms. The summed E-state index contributed by atoms with van der Waals surface area (Å²) in [5.74, 6) is -0.147. The normalized spacial score (nSPS) is 17.9. The summed E-state index contributed by atoms with van der Waals surface area (Å²) >= 11 is 0. The molecule has 1 aliphatic heterocycles. The van der Waals surface area contributed by atoms with Gasteiger partial charge in [-0.3, -0.25) is 0 Å². The molecule has 0 fully saturated rings. The summed E-state index contributed by atoms with van der Waals surface area (Å²) < 4.78 is 46.3. The van der Waals surface area contributed by atoms with E-state index >= 15 is 0 Å². The second-order valence-corrected chi connectivity index (χ2v) is 11.2. The van der Waals surface area contributed by atoms with Gasteiger partial charge >= 0.3 is 5.97 Å². The standard InChI is InChI=1S/C27H31NO6S/c1-7-32-25-23(26(29)33-17(2)3)24(34-27(25,5)6)21-16-28(22-11-9-8-10-20(21)22)35(30,31)19-14-12-18(4)13-15-19/h8-17,24H,7H2,1-6H3/t24-/m1/s1. The first kappa shape index (κ1) is 25.0. The molecule has 186 valence electrons. The first-order valence-electron chi connectivity index (χ1n) is 11.7. The second-order valence-electron chi connectivity index (χ2n) is 9.35. The Bertz CT molecular complexity index is 1400. The molecule has 1 aliphatic rings. The SMILES string of the molecule is CCOC1=C(C(=O)OC(C)C)[C@@H](c2cn(S(=O)(=O)c3ccc(C)cc3)c3ccccc23)OC1(C)C. The van der Waals surface area contributed by atoms with Gasteiger partial charge in [0, 0.05) is 17.1 Å². The molecule has 0 saturated heterocycles. The number of hydrogen-bond acceptors (Lipinski definition) is 6. The Balaban J connectivity index is 1.93. The third kappa shape index (κ3) is 4.48. The molecule has 8 heteroatoms. The largest absolute Gasteiger partial charge is 0.494 e. The van der Waals surface area contributed by atoms with E-state index in [0.29, 0.717) is 28.8 Å². The third-order valence-corrected chi connectivity index (χ3v) is 7.57. The molecular formula is C27H31NO6S. The van der Waals surface area contributed by atoms with E-state index in [0.717, 1.165) is 5.56 Å². The summed E-state index contributed by atoms with van der Waals surface area (Å²) in [7, 11) is -3.90. The molecule has 1 aromatic heterocycles. The summed E-state index contributed by atoms with van der Waals surface area (Å²) in [4.78, 5) is 13.4. The minimum atomic E-state index is -3.90. The lowest BCUT2D eigenvalue weighted by Crippen LogP contribution is -2.24. The third-order valence-electron chi connectivity index (χ3n) is 5.89. The van der Waals surface area contributed by atoms with Gasteiger partial charge in [0.25, 0.3) is 10.0 Å². The van der Waals surface area contributed by atoms with Crippen LogP contribution in [0, 0.1) is 6.92 Å². The Kier molecular flexibility index (Phi) is 6.55. The van der Waals surface area contributed by atoms with Crippen molar-refractivity contribution in [3.63, 3.8) is 0 Å². The van der Waals surface area contributed by atoms with Gasteiger partial charge in [0.1, 0.15) is 23.0 Å². The van der Waals surface area contributed by atoms with Crippen LogP contribution in [0.15, 0.2) is 71.0 Å². The first-order chi connectivity index (χ1) is 16.5. The van der Waals surface area contributed by atoms with Crippen molar-refractivity contribution in [2.24, 2.45) is 0 Å². The van der Waals surface area contributed by atoms with Gasteiger partial charge in [0.05, 0.1) is 23.1 Å². The predicted octanol–water partition coefficient (Wildman–Crippen LogP) is 5.28. The summed E-state index contributed by atoms with van der Waals surface area (Å²) in [6.45, 7) is 11.3. The molecule has 0 aliphatic carbocycles. The fourth-order valence-electron chi connectivity index (χ4n) is 4.35. The smallest absolute Gasteiger partial charge is 0.340 e. The summed E-state index contributed by atoms with van der Waals surface area (Å²) in [5, 5.41) is 0.664. The van der Waals surface area contributed by atoms with Crippen LogP contribution in [-0.2, 0) is 29.0 Å². The van der Waals surface area contributed by atoms with Gasteiger partial charge < -0.3 is 14.2 Å². The molecule has 7 nitrogen and oxygen atoms in total. The van der Waals surface area contributed by atoms with Crippen LogP contribution in [0.4, 0.5) is 0 Å². The number of esters is 1. The maximum atomic E-state index is 13.6. The topological polar surface area (TPSA) is 83.8 Å². The molecule has 0 saturated carbocycles. The van der Waals surface area contributed by atoms with E-state index in [1.54, 1.807) is 50.2 Å². The number of benzene rings is 2. The number of nitrogens with zero attached hydrogens (tertiary/aromatic N) is 1. The van der Waals surface area contributed by atoms with Crippen LogP contribution < -0.4 is 0 Å². The monoisotopic (exact) mass is 497 g/mol. The van der Waals surface area contributed by atoms with Gasteiger partial charge in [0.2, 0.25) is 0 Å². The van der Waals surface area contributed by atoms with Crippen LogP contribution in [0.25, 0.3) is 10.9 Å². The molecule has 35 heavy (non-hydrogen) atoms. The number of aromatic nitrogens is 1. The van der Waals surface area contributed by atoms with E-state index in [1.807, 2.05) is 39.8 Å². The van der Waals surface area contributed by atoms with E-state index in [9.17, 15) is 13.2 Å². The van der Waals surface area contributed by atoms with Crippen molar-refractivity contribution < 1.29 is 27.4 Å². The van der Waals surface area contributed by atoms with Gasteiger partial charge in [-0.15, -0.1) is 0 Å². The van der Waals surface area contributed by atoms with E-state index in [1.165, 1.54) is 10.2 Å². The average molecular weight is 498 g/mol. The Morgan fingerprint density at radius 1 is 1.11 bits per heavy atom. The fourth-order valence-corrected chi connectivity index (χ4v) is 5.73. The number of rotatable bonds is 7. The lowest BCUT2D eigenvalue weighted by Gasteiger charge is -2.23. The Labute approximate surface area is 206 Å². The van der Waals surface area contributed by atoms with E-state index in [4.69, 9.17) is 14.2 Å². The molecule has 0 N–H and O–H groups in total. The number of carbonyl (C=O) groups excluding carboxylic acids is 1. The summed E-state index contributed by atoms with van der Waals surface area (Å²) in [6.07, 6.45) is 0.334. The van der Waals surface area contributed by atoms with E-state index in [2.05, 4.69) is 0 Å². The zero-order valence-corrected chi connectivity index (χ0v) is 21.7. The first-order valence-corrected chi connectivity index (χ1v) is 13.1. The molecule has 0 amide bonds. The lowest BCUT2D eigenvalue weighted by atomic mass is 9.99. The summed E-state index contributed by atoms with van der Waals surface area (Å²) in [5.41, 5.74) is 1.35. The van der Waals surface area contributed by atoms with Crippen molar-refractivity contribution in [1.29, 1.82) is 0 Å². The van der Waals surface area contributed by atoms with Crippen LogP contribution in [0.1, 0.15) is 51.8 Å². The van der Waals surface area contributed by atoms with Crippen LogP contribution in [0.5, 0.6) is 0 Å². The number of ether oxygens (including phenoxy) is 3. The van der Waals surface area contributed by atoms with Crippen molar-refractivity contribution in [3.05, 3.63) is 77.2 Å². The van der Waals surface area contributed by atoms with Gasteiger partial charge in [-0.1, -0.05) is 35.9 Å². The quantitative estimate of drug-likeness (QED) is 0.413. The lowest BCUT2D eigenvalue weighted by molar-refractivity contribution is -0.144. The van der Waals surface area contributed by atoms with Crippen molar-refractivity contribution in [2.45, 2.75) is 64.2 Å². The van der Waals surface area contributed by atoms with Crippen molar-refractivity contribution in [2.75, 3.05) is 6.61 Å². The molecule has 0 unspecified atom stereocenters. The number of hydrogen-bond donors (Lipinski definition) is 0. The maximum Gasteiger partial charge on any atom is 0.340 e. The zero-order valence-electron chi connectivity index (χ0n) is 20.9. The van der Waals surface area contributed by atoms with Crippen LogP contribution in [0.3, 0.4) is 0 Å². The predicted molar refractivity (Wildman–Crippen MR) is 133 cm³/mol. The van der Waals surface area contributed by atoms with Crippen LogP contribution in [-0.4, -0.2) is 36.7 Å². The molecule has 2 aromatic carbocycles. The van der Waals surface area contributed by atoms with E-state index < -0.39 is 27.7 Å². The van der Waals surface area contributed by atoms with Crippen LogP contribution in [0.2, 0.25) is 0 Å². The molecule has 4 rings (SSSR count). The molecular weight excluding hydrogens is 466 g/mol. The van der Waals surface area contributed by atoms with Crippen molar-refractivity contribution in [3.8, 4) is 0 Å². The Morgan fingerprint density at radius 2 is 1.77 bits per heavy atom. The highest BCUT2D eigenvalue weighted by Crippen LogP contribution is 2.47. The number of aryl methyl sites for hydroxylation is 1. The second kappa shape index (κ2) is 9.17. The highest BCUT2D eigenvalue weighted by molar-refractivity contribution is 7.90. The highest BCUT2D eigenvalue weighted by Gasteiger charge is 2.47. The van der Waals surface area contributed by atoms with Gasteiger partial charge in [-0.2, -0.15) is 0 Å². The highest BCUT2D eigenvalue weighted by atomic mass is 32.2. The van der Waals surface area contributed by atoms with Gasteiger partial charge in [-0.05, 0) is 59.7 Å². The number of fused-ring (bicyclic) bond motifs is 1. The average Bonchev–Trinajstić information content (AvgIpc) is 3.29. The van der Waals surface area contributed by atoms with Crippen molar-refractivity contribution in [1.82, 2.24) is 3.97 Å². The van der Waals surface area contributed by atoms with Crippen LogP contribution >= 0.6 is 0 Å². The molecule has 1 atom stereocenters. The minimum Gasteiger partial charge on any atom is -0.494 e. The molecule has 0 spiro atoms. The number of para-hydroxylation sites is 1. The fraction of sp³-hybridized carbons (Fsp3) is 0.370. The molecule has 2 heterocycles. The summed E-state index contributed by atoms with van der Waals surface area (Å²) in [6, 6.07) is 13.9. The number of carbonyl (C=O) groups is 1. The van der Waals surface area contributed by atoms with Gasteiger partial charge in [-0.25, -0.2) is 17.2 Å². The van der Waals surface area contributed by atoms with Gasteiger partial charge in [0.15, 0.2) is 0 Å². The zero-order chi connectivity index (χ0) is 25.5. The molecule has 0 radical (unpaired) electrons. The van der Waals surface area contributed by atoms with Crippen molar-refractivity contribution >= 4 is 26.9 Å². The van der Waals surface area contributed by atoms with E-state index in [-0.39, 0.29) is 16.6 Å². The minimum absolute atomic E-state index is 0.174. The maximum absolute atomic E-state index is 13.6. The molecule has 3 aromatic rings. The Morgan fingerprint density at radius 3 is 2.40 bits per heavy atom.